The van der Waals surface area contributed by atoms with Crippen LogP contribution in [0.1, 0.15) is 31.1 Å². The average Bonchev–Trinajstić information content (AvgIpc) is 2.70. The summed E-state index contributed by atoms with van der Waals surface area (Å²) in [7, 11) is 0. The van der Waals surface area contributed by atoms with Crippen molar-refractivity contribution in [1.82, 2.24) is 5.32 Å². The van der Waals surface area contributed by atoms with Gasteiger partial charge in [-0.3, -0.25) is 0 Å². The summed E-state index contributed by atoms with van der Waals surface area (Å²) in [6, 6.07) is 5.36. The first-order valence-corrected chi connectivity index (χ1v) is 10.1. The molecule has 0 radical (unpaired) electrons. The molecule has 0 bridgehead atoms. The Morgan fingerprint density at radius 3 is 1.91 bits per heavy atom. The number of rotatable bonds is 14. The molecule has 0 saturated heterocycles. The van der Waals surface area contributed by atoms with Crippen LogP contribution in [0.5, 0.6) is 5.75 Å². The second-order valence-electron chi connectivity index (χ2n) is 7.30. The molecule has 1 aromatic rings. The van der Waals surface area contributed by atoms with Crippen LogP contribution in [0.4, 0.5) is 9.59 Å². The van der Waals surface area contributed by atoms with Gasteiger partial charge in [-0.2, -0.15) is 0 Å². The van der Waals surface area contributed by atoms with Gasteiger partial charge in [-0.1, -0.05) is 0 Å². The maximum absolute atomic E-state index is 11.5. The van der Waals surface area contributed by atoms with Gasteiger partial charge in [0.05, 0.1) is 45.2 Å². The predicted molar refractivity (Wildman–Crippen MR) is 112 cm³/mol. The lowest BCUT2D eigenvalue weighted by Crippen LogP contribution is -2.34. The van der Waals surface area contributed by atoms with E-state index in [0.29, 0.717) is 39.6 Å². The Morgan fingerprint density at radius 2 is 1.38 bits per heavy atom. The third-order valence-corrected chi connectivity index (χ3v) is 3.41. The number of hydrogen-bond donors (Lipinski definition) is 2. The minimum atomic E-state index is -1.07. The van der Waals surface area contributed by atoms with E-state index < -0.39 is 23.8 Å². The molecule has 0 aliphatic carbocycles. The van der Waals surface area contributed by atoms with Crippen molar-refractivity contribution in [3.63, 3.8) is 0 Å². The maximum atomic E-state index is 11.5. The van der Waals surface area contributed by atoms with Crippen molar-refractivity contribution in [3.05, 3.63) is 29.8 Å². The zero-order chi connectivity index (χ0) is 23.8. The van der Waals surface area contributed by atoms with Crippen LogP contribution < -0.4 is 10.1 Å². The van der Waals surface area contributed by atoms with Gasteiger partial charge in [0, 0.05) is 6.54 Å². The molecule has 0 spiro atoms. The van der Waals surface area contributed by atoms with E-state index in [1.165, 1.54) is 24.3 Å². The Balaban J connectivity index is 1.90. The van der Waals surface area contributed by atoms with E-state index in [1.54, 1.807) is 20.8 Å². The lowest BCUT2D eigenvalue weighted by Gasteiger charge is -2.19. The van der Waals surface area contributed by atoms with E-state index in [4.69, 9.17) is 33.5 Å². The van der Waals surface area contributed by atoms with Gasteiger partial charge in [0.2, 0.25) is 0 Å². The fourth-order valence-corrected chi connectivity index (χ4v) is 2.06. The first-order chi connectivity index (χ1) is 15.2. The Bertz CT molecular complexity index is 700. The first-order valence-electron chi connectivity index (χ1n) is 10.1. The number of ether oxygens (including phenoxy) is 6. The van der Waals surface area contributed by atoms with Gasteiger partial charge < -0.3 is 38.8 Å². The SMILES string of the molecule is CC(C)(C)OC(=O)NCCOCCOCCOCCOC(=O)Oc1ccc(C(=O)O)cc1. The average molecular weight is 457 g/mol. The number of amides is 1. The van der Waals surface area contributed by atoms with Crippen LogP contribution in [0.25, 0.3) is 0 Å². The van der Waals surface area contributed by atoms with Gasteiger partial charge in [0.15, 0.2) is 0 Å². The quantitative estimate of drug-likeness (QED) is 0.243. The van der Waals surface area contributed by atoms with Crippen molar-refractivity contribution >= 4 is 18.2 Å². The number of carboxylic acids is 1. The summed E-state index contributed by atoms with van der Waals surface area (Å²) in [4.78, 5) is 33.7. The predicted octanol–water partition coefficient (Wildman–Crippen LogP) is 2.47. The molecule has 11 nitrogen and oxygen atoms in total. The normalized spacial score (nSPS) is 11.0. The molecule has 0 heterocycles. The third-order valence-electron chi connectivity index (χ3n) is 3.41. The topological polar surface area (TPSA) is 139 Å². The number of carbonyl (C=O) groups excluding carboxylic acids is 2. The van der Waals surface area contributed by atoms with Crippen LogP contribution in [0.3, 0.4) is 0 Å². The van der Waals surface area contributed by atoms with Gasteiger partial charge in [-0.25, -0.2) is 14.4 Å². The van der Waals surface area contributed by atoms with E-state index in [-0.39, 0.29) is 24.5 Å². The fourth-order valence-electron chi connectivity index (χ4n) is 2.06. The number of benzene rings is 1. The van der Waals surface area contributed by atoms with Crippen molar-refractivity contribution < 1.29 is 47.9 Å². The van der Waals surface area contributed by atoms with Crippen LogP contribution >= 0.6 is 0 Å². The zero-order valence-electron chi connectivity index (χ0n) is 18.6. The highest BCUT2D eigenvalue weighted by Gasteiger charge is 2.15. The fraction of sp³-hybridized carbons (Fsp3) is 0.571. The highest BCUT2D eigenvalue weighted by atomic mass is 16.7. The molecule has 180 valence electrons. The molecule has 1 aromatic carbocycles. The summed E-state index contributed by atoms with van der Waals surface area (Å²) >= 11 is 0. The second kappa shape index (κ2) is 15.0. The molecule has 0 saturated carbocycles. The lowest BCUT2D eigenvalue weighted by molar-refractivity contribution is 0.00237. The monoisotopic (exact) mass is 457 g/mol. The molecule has 0 fully saturated rings. The molecule has 2 N–H and O–H groups in total. The van der Waals surface area contributed by atoms with Gasteiger partial charge in [0.25, 0.3) is 0 Å². The second-order valence-corrected chi connectivity index (χ2v) is 7.30. The number of carbonyl (C=O) groups is 3. The van der Waals surface area contributed by atoms with Gasteiger partial charge in [-0.15, -0.1) is 0 Å². The summed E-state index contributed by atoms with van der Waals surface area (Å²) in [5.41, 5.74) is -0.448. The standard InChI is InChI=1S/C21H31NO10/c1-21(2,3)32-19(25)22-8-9-27-10-11-28-12-13-29-14-15-30-20(26)31-17-6-4-16(5-7-17)18(23)24/h4-7H,8-15H2,1-3H3,(H,22,25)(H,23,24). The van der Waals surface area contributed by atoms with Crippen molar-refractivity contribution in [2.24, 2.45) is 0 Å². The van der Waals surface area contributed by atoms with Crippen molar-refractivity contribution in [2.45, 2.75) is 26.4 Å². The number of aromatic carboxylic acids is 1. The van der Waals surface area contributed by atoms with Crippen molar-refractivity contribution in [2.75, 3.05) is 52.8 Å². The number of carboxylic acid groups (broad SMARTS) is 1. The molecular formula is C21H31NO10. The molecule has 32 heavy (non-hydrogen) atoms. The van der Waals surface area contributed by atoms with Crippen LogP contribution in [0.2, 0.25) is 0 Å². The molecule has 0 unspecified atom stereocenters. The highest BCUT2D eigenvalue weighted by molar-refractivity contribution is 5.87. The van der Waals surface area contributed by atoms with Crippen molar-refractivity contribution in [3.8, 4) is 5.75 Å². The molecule has 0 atom stereocenters. The summed E-state index contributed by atoms with van der Waals surface area (Å²) in [5.74, 6) is -0.891. The van der Waals surface area contributed by atoms with E-state index in [2.05, 4.69) is 5.32 Å². The van der Waals surface area contributed by atoms with Gasteiger partial charge >= 0.3 is 18.2 Å². The molecule has 11 heteroatoms. The highest BCUT2D eigenvalue weighted by Crippen LogP contribution is 2.12. The summed E-state index contributed by atoms with van der Waals surface area (Å²) in [5, 5.41) is 11.4. The van der Waals surface area contributed by atoms with E-state index in [9.17, 15) is 14.4 Å². The minimum Gasteiger partial charge on any atom is -0.478 e. The molecule has 0 aliphatic heterocycles. The van der Waals surface area contributed by atoms with E-state index in [1.807, 2.05) is 0 Å². The maximum Gasteiger partial charge on any atom is 0.513 e. The summed E-state index contributed by atoms with van der Waals surface area (Å²) < 4.78 is 30.7. The van der Waals surface area contributed by atoms with Gasteiger partial charge in [-0.05, 0) is 45.0 Å². The molecular weight excluding hydrogens is 426 g/mol. The minimum absolute atomic E-state index is 0.000196. The van der Waals surface area contributed by atoms with Crippen LogP contribution in [-0.2, 0) is 23.7 Å². The summed E-state index contributed by atoms with van der Waals surface area (Å²) in [6.45, 7) is 7.63. The molecule has 0 aliphatic rings. The van der Waals surface area contributed by atoms with E-state index >= 15 is 0 Å². The number of hydrogen-bond acceptors (Lipinski definition) is 9. The van der Waals surface area contributed by atoms with Crippen LogP contribution in [0.15, 0.2) is 24.3 Å². The Hall–Kier alpha value is -2.89. The lowest BCUT2D eigenvalue weighted by atomic mass is 10.2. The summed E-state index contributed by atoms with van der Waals surface area (Å²) in [6.07, 6.45) is -1.40. The first kappa shape index (κ1) is 27.1. The zero-order valence-corrected chi connectivity index (χ0v) is 18.6. The van der Waals surface area contributed by atoms with Crippen LogP contribution in [0, 0.1) is 0 Å². The van der Waals surface area contributed by atoms with Crippen LogP contribution in [-0.4, -0.2) is 81.7 Å². The molecule has 0 aromatic heterocycles. The Labute approximate surface area is 186 Å². The molecule has 1 rings (SSSR count). The van der Waals surface area contributed by atoms with Crippen molar-refractivity contribution in [1.29, 1.82) is 0 Å². The van der Waals surface area contributed by atoms with Gasteiger partial charge in [0.1, 0.15) is 18.0 Å². The molecule has 1 amide bonds. The number of alkyl carbamates (subject to hydrolysis) is 1. The smallest absolute Gasteiger partial charge is 0.478 e. The van der Waals surface area contributed by atoms with E-state index in [0.717, 1.165) is 0 Å². The third kappa shape index (κ3) is 14.2. The Morgan fingerprint density at radius 1 is 0.844 bits per heavy atom. The number of nitrogens with one attached hydrogen (secondary N) is 1. The largest absolute Gasteiger partial charge is 0.513 e. The Kier molecular flexibility index (Phi) is 12.7.